The van der Waals surface area contributed by atoms with Crippen molar-refractivity contribution in [3.63, 3.8) is 0 Å². The highest BCUT2D eigenvalue weighted by Gasteiger charge is 2.33. The first kappa shape index (κ1) is 16.3. The van der Waals surface area contributed by atoms with Crippen LogP contribution >= 0.6 is 11.6 Å². The molecule has 0 heterocycles. The largest absolute Gasteiger partial charge is 0.398 e. The maximum absolute atomic E-state index is 13.0. The van der Waals surface area contributed by atoms with E-state index in [2.05, 4.69) is 6.58 Å². The predicted molar refractivity (Wildman–Crippen MR) is 86.9 cm³/mol. The van der Waals surface area contributed by atoms with Gasteiger partial charge in [-0.2, -0.15) is 4.31 Å². The predicted octanol–water partition coefficient (Wildman–Crippen LogP) is 3.35. The summed E-state index contributed by atoms with van der Waals surface area (Å²) < 4.78 is 27.5. The van der Waals surface area contributed by atoms with E-state index < -0.39 is 10.0 Å². The van der Waals surface area contributed by atoms with Gasteiger partial charge in [-0.15, -0.1) is 6.58 Å². The first-order valence-corrected chi connectivity index (χ1v) is 8.88. The van der Waals surface area contributed by atoms with Gasteiger partial charge < -0.3 is 5.73 Å². The minimum absolute atomic E-state index is 0.0348. The van der Waals surface area contributed by atoms with Crippen molar-refractivity contribution < 1.29 is 8.42 Å². The molecule has 2 N–H and O–H groups in total. The van der Waals surface area contributed by atoms with Gasteiger partial charge in [0.1, 0.15) is 0 Å². The van der Waals surface area contributed by atoms with E-state index in [1.54, 1.807) is 19.1 Å². The molecule has 0 aliphatic heterocycles. The summed E-state index contributed by atoms with van der Waals surface area (Å²) in [7, 11) is -3.62. The Morgan fingerprint density at radius 2 is 2.05 bits per heavy atom. The summed E-state index contributed by atoms with van der Waals surface area (Å²) in [5.41, 5.74) is 6.80. The third-order valence-corrected chi connectivity index (χ3v) is 6.26. The molecule has 21 heavy (non-hydrogen) atoms. The molecule has 0 saturated heterocycles. The summed E-state index contributed by atoms with van der Waals surface area (Å²) in [4.78, 5) is 0.196. The van der Waals surface area contributed by atoms with Crippen LogP contribution in [-0.2, 0) is 10.0 Å². The molecule has 0 radical (unpaired) electrons. The molecule has 2 rings (SSSR count). The Kier molecular flexibility index (Phi) is 4.96. The molecule has 1 aromatic rings. The van der Waals surface area contributed by atoms with Crippen LogP contribution in [0.2, 0.25) is 5.02 Å². The van der Waals surface area contributed by atoms with Crippen molar-refractivity contribution in [3.05, 3.63) is 35.4 Å². The van der Waals surface area contributed by atoms with Crippen LogP contribution in [0.1, 0.15) is 31.2 Å². The van der Waals surface area contributed by atoms with Crippen molar-refractivity contribution >= 4 is 27.3 Å². The van der Waals surface area contributed by atoms with Gasteiger partial charge in [0.25, 0.3) is 0 Å². The van der Waals surface area contributed by atoms with E-state index >= 15 is 0 Å². The van der Waals surface area contributed by atoms with Gasteiger partial charge in [0.05, 0.1) is 4.90 Å². The second-order valence-corrected chi connectivity index (χ2v) is 7.72. The number of hydrogen-bond acceptors (Lipinski definition) is 3. The third-order valence-electron chi connectivity index (χ3n) is 3.99. The molecule has 0 aromatic heterocycles. The van der Waals surface area contributed by atoms with Crippen LogP contribution in [0.25, 0.3) is 0 Å². The van der Waals surface area contributed by atoms with Gasteiger partial charge in [-0.3, -0.25) is 0 Å². The van der Waals surface area contributed by atoms with E-state index in [0.717, 1.165) is 25.7 Å². The third kappa shape index (κ3) is 3.25. The van der Waals surface area contributed by atoms with Crippen molar-refractivity contribution in [2.45, 2.75) is 43.5 Å². The minimum Gasteiger partial charge on any atom is -0.398 e. The number of rotatable bonds is 5. The van der Waals surface area contributed by atoms with E-state index in [1.165, 1.54) is 10.4 Å². The number of benzene rings is 1. The van der Waals surface area contributed by atoms with E-state index in [4.69, 9.17) is 17.3 Å². The second kappa shape index (κ2) is 6.38. The molecule has 0 atom stereocenters. The van der Waals surface area contributed by atoms with E-state index in [1.807, 2.05) is 0 Å². The maximum atomic E-state index is 13.0. The lowest BCUT2D eigenvalue weighted by Crippen LogP contribution is -2.39. The molecule has 0 spiro atoms. The topological polar surface area (TPSA) is 63.4 Å². The Labute approximate surface area is 131 Å². The molecule has 0 amide bonds. The Bertz CT molecular complexity index is 637. The number of sulfonamides is 1. The summed E-state index contributed by atoms with van der Waals surface area (Å²) in [6.07, 6.45) is 5.53. The van der Waals surface area contributed by atoms with Crippen LogP contribution in [0.5, 0.6) is 0 Å². The van der Waals surface area contributed by atoms with Crippen molar-refractivity contribution in [2.24, 2.45) is 0 Å². The average Bonchev–Trinajstić information content (AvgIpc) is 2.93. The zero-order chi connectivity index (χ0) is 15.6. The highest BCUT2D eigenvalue weighted by Crippen LogP contribution is 2.32. The fourth-order valence-corrected chi connectivity index (χ4v) is 5.06. The molecule has 1 aromatic carbocycles. The van der Waals surface area contributed by atoms with E-state index in [-0.39, 0.29) is 10.9 Å². The van der Waals surface area contributed by atoms with Gasteiger partial charge in [0.2, 0.25) is 10.0 Å². The summed E-state index contributed by atoms with van der Waals surface area (Å²) in [5.74, 6) is 0. The standard InChI is InChI=1S/C15H21ClN2O2S/c1-3-8-18(13-6-4-5-7-13)21(19,20)15-10-12(16)9-14(17)11(15)2/h3,9-10,13H,1,4-8,17H2,2H3. The number of hydrogen-bond donors (Lipinski definition) is 1. The van der Waals surface area contributed by atoms with E-state index in [0.29, 0.717) is 22.8 Å². The van der Waals surface area contributed by atoms with Crippen molar-refractivity contribution in [1.29, 1.82) is 0 Å². The number of nitrogens with two attached hydrogens (primary N) is 1. The number of anilines is 1. The lowest BCUT2D eigenvalue weighted by atomic mass is 10.2. The maximum Gasteiger partial charge on any atom is 0.244 e. The van der Waals surface area contributed by atoms with Gasteiger partial charge in [0, 0.05) is 23.3 Å². The smallest absolute Gasteiger partial charge is 0.244 e. The van der Waals surface area contributed by atoms with Gasteiger partial charge in [0.15, 0.2) is 0 Å². The Hall–Kier alpha value is -1.04. The van der Waals surface area contributed by atoms with Crippen LogP contribution in [0.3, 0.4) is 0 Å². The summed E-state index contributed by atoms with van der Waals surface area (Å²) in [6.45, 7) is 5.69. The van der Waals surface area contributed by atoms with Crippen molar-refractivity contribution in [1.82, 2.24) is 4.31 Å². The fourth-order valence-electron chi connectivity index (χ4n) is 2.83. The molecule has 4 nitrogen and oxygen atoms in total. The highest BCUT2D eigenvalue weighted by molar-refractivity contribution is 7.89. The van der Waals surface area contributed by atoms with Crippen molar-refractivity contribution in [3.8, 4) is 0 Å². The minimum atomic E-state index is -3.62. The fraction of sp³-hybridized carbons (Fsp3) is 0.467. The quantitative estimate of drug-likeness (QED) is 0.666. The molecule has 1 fully saturated rings. The monoisotopic (exact) mass is 328 g/mol. The van der Waals surface area contributed by atoms with Crippen LogP contribution < -0.4 is 5.73 Å². The molecule has 1 aliphatic carbocycles. The summed E-state index contributed by atoms with van der Waals surface area (Å²) in [6, 6.07) is 3.09. The Balaban J connectivity index is 2.50. The first-order chi connectivity index (χ1) is 9.87. The van der Waals surface area contributed by atoms with Crippen LogP contribution in [0.15, 0.2) is 29.7 Å². The lowest BCUT2D eigenvalue weighted by molar-refractivity contribution is 0.347. The molecule has 116 valence electrons. The van der Waals surface area contributed by atoms with Gasteiger partial charge in [-0.25, -0.2) is 8.42 Å². The average molecular weight is 329 g/mol. The zero-order valence-corrected chi connectivity index (χ0v) is 13.8. The number of nitrogens with zero attached hydrogens (tertiary/aromatic N) is 1. The molecular formula is C15H21ClN2O2S. The van der Waals surface area contributed by atoms with Gasteiger partial charge in [-0.1, -0.05) is 30.5 Å². The molecular weight excluding hydrogens is 308 g/mol. The van der Waals surface area contributed by atoms with E-state index in [9.17, 15) is 8.42 Å². The normalized spacial score (nSPS) is 16.5. The second-order valence-electron chi connectivity index (χ2n) is 5.42. The molecule has 0 unspecified atom stereocenters. The molecule has 1 aliphatic rings. The van der Waals surface area contributed by atoms with Gasteiger partial charge in [-0.05, 0) is 37.5 Å². The van der Waals surface area contributed by atoms with Crippen LogP contribution in [0, 0.1) is 6.92 Å². The Morgan fingerprint density at radius 3 is 2.62 bits per heavy atom. The summed E-state index contributed by atoms with van der Waals surface area (Å²) in [5, 5.41) is 0.335. The zero-order valence-electron chi connectivity index (χ0n) is 12.2. The SMILES string of the molecule is C=CCN(C1CCCC1)S(=O)(=O)c1cc(Cl)cc(N)c1C. The molecule has 0 bridgehead atoms. The summed E-state index contributed by atoms with van der Waals surface area (Å²) >= 11 is 5.99. The van der Waals surface area contributed by atoms with Crippen LogP contribution in [0.4, 0.5) is 5.69 Å². The van der Waals surface area contributed by atoms with Crippen molar-refractivity contribution in [2.75, 3.05) is 12.3 Å². The molecule has 1 saturated carbocycles. The van der Waals surface area contributed by atoms with Crippen LogP contribution in [-0.4, -0.2) is 25.3 Å². The lowest BCUT2D eigenvalue weighted by Gasteiger charge is -2.28. The Morgan fingerprint density at radius 1 is 1.43 bits per heavy atom. The number of halogens is 1. The number of nitrogen functional groups attached to an aromatic ring is 1. The highest BCUT2D eigenvalue weighted by atomic mass is 35.5. The van der Waals surface area contributed by atoms with Gasteiger partial charge >= 0.3 is 0 Å². The first-order valence-electron chi connectivity index (χ1n) is 7.06. The molecule has 6 heteroatoms.